The number of nitrogens with zero attached hydrogens (tertiary/aromatic N) is 3. The molecule has 0 atom stereocenters. The Bertz CT molecular complexity index is 383. The average Bonchev–Trinajstić information content (AvgIpc) is 2.87. The Balaban J connectivity index is 1.72. The van der Waals surface area contributed by atoms with Crippen molar-refractivity contribution in [3.63, 3.8) is 0 Å². The zero-order valence-corrected chi connectivity index (χ0v) is 13.9. The molecule has 2 rings (SSSR count). The smallest absolute Gasteiger partial charge is 0.107 e. The Morgan fingerprint density at radius 3 is 2.60 bits per heavy atom. The first kappa shape index (κ1) is 15.9. The lowest BCUT2D eigenvalue weighted by atomic mass is 10.2. The molecular weight excluding hydrogens is 268 g/mol. The molecule has 0 amide bonds. The van der Waals surface area contributed by atoms with Gasteiger partial charge in [-0.15, -0.1) is 11.3 Å². The standard InChI is InChI=1S/C15H28N4S/c1-4-18-5-7-19(8-6-18)11-15-17-14(12-20-15)10-16-9-13(2)3/h12-13,16H,4-11H2,1-3H3. The van der Waals surface area contributed by atoms with Crippen molar-refractivity contribution >= 4 is 11.3 Å². The number of piperazine rings is 1. The molecule has 0 radical (unpaired) electrons. The molecule has 1 aromatic rings. The van der Waals surface area contributed by atoms with Crippen molar-refractivity contribution < 1.29 is 0 Å². The van der Waals surface area contributed by atoms with Gasteiger partial charge in [-0.1, -0.05) is 20.8 Å². The molecule has 5 heteroatoms. The normalized spacial score (nSPS) is 18.0. The molecule has 20 heavy (non-hydrogen) atoms. The van der Waals surface area contributed by atoms with Crippen LogP contribution in [0.1, 0.15) is 31.5 Å². The second kappa shape index (κ2) is 8.08. The predicted molar refractivity (Wildman–Crippen MR) is 86.0 cm³/mol. The van der Waals surface area contributed by atoms with Gasteiger partial charge in [0.1, 0.15) is 5.01 Å². The fourth-order valence-corrected chi connectivity index (χ4v) is 3.28. The Hall–Kier alpha value is -0.490. The first-order chi connectivity index (χ1) is 9.67. The molecule has 1 saturated heterocycles. The maximum absolute atomic E-state index is 4.74. The second-order valence-corrected chi connectivity index (χ2v) is 6.91. The molecule has 0 saturated carbocycles. The van der Waals surface area contributed by atoms with E-state index in [9.17, 15) is 0 Å². The molecule has 1 fully saturated rings. The fourth-order valence-electron chi connectivity index (χ4n) is 2.45. The van der Waals surface area contributed by atoms with E-state index in [-0.39, 0.29) is 0 Å². The van der Waals surface area contributed by atoms with Gasteiger partial charge in [0, 0.05) is 38.1 Å². The highest BCUT2D eigenvalue weighted by Crippen LogP contribution is 2.14. The van der Waals surface area contributed by atoms with Crippen LogP contribution in [0.5, 0.6) is 0 Å². The number of likely N-dealkylation sites (N-methyl/N-ethyl adjacent to an activating group) is 1. The summed E-state index contributed by atoms with van der Waals surface area (Å²) in [5.41, 5.74) is 1.19. The maximum atomic E-state index is 4.74. The molecule has 0 spiro atoms. The first-order valence-electron chi connectivity index (χ1n) is 7.76. The third-order valence-electron chi connectivity index (χ3n) is 3.73. The van der Waals surface area contributed by atoms with E-state index in [2.05, 4.69) is 41.3 Å². The van der Waals surface area contributed by atoms with E-state index < -0.39 is 0 Å². The summed E-state index contributed by atoms with van der Waals surface area (Å²) in [4.78, 5) is 9.78. The summed E-state index contributed by atoms with van der Waals surface area (Å²) < 4.78 is 0. The summed E-state index contributed by atoms with van der Waals surface area (Å²) in [7, 11) is 0. The zero-order valence-electron chi connectivity index (χ0n) is 13.1. The topological polar surface area (TPSA) is 31.4 Å². The van der Waals surface area contributed by atoms with E-state index in [1.165, 1.54) is 43.4 Å². The van der Waals surface area contributed by atoms with E-state index in [0.29, 0.717) is 5.92 Å². The Morgan fingerprint density at radius 1 is 1.25 bits per heavy atom. The van der Waals surface area contributed by atoms with Gasteiger partial charge in [-0.05, 0) is 19.0 Å². The van der Waals surface area contributed by atoms with Crippen molar-refractivity contribution in [2.45, 2.75) is 33.9 Å². The quantitative estimate of drug-likeness (QED) is 0.834. The fraction of sp³-hybridized carbons (Fsp3) is 0.800. The minimum absolute atomic E-state index is 0.697. The molecule has 114 valence electrons. The molecule has 1 aliphatic heterocycles. The van der Waals surface area contributed by atoms with E-state index >= 15 is 0 Å². The molecule has 0 bridgehead atoms. The highest BCUT2D eigenvalue weighted by atomic mass is 32.1. The Morgan fingerprint density at radius 2 is 1.95 bits per heavy atom. The zero-order chi connectivity index (χ0) is 14.4. The summed E-state index contributed by atoms with van der Waals surface area (Å²) in [6.07, 6.45) is 0. The van der Waals surface area contributed by atoms with Gasteiger partial charge >= 0.3 is 0 Å². The van der Waals surface area contributed by atoms with Crippen LogP contribution in [0.4, 0.5) is 0 Å². The second-order valence-electron chi connectivity index (χ2n) is 5.97. The summed E-state index contributed by atoms with van der Waals surface area (Å²) >= 11 is 1.80. The van der Waals surface area contributed by atoms with Crippen LogP contribution in [0.25, 0.3) is 0 Å². The Kier molecular flexibility index (Phi) is 6.42. The van der Waals surface area contributed by atoms with Crippen LogP contribution in [-0.4, -0.2) is 54.1 Å². The number of hydrogen-bond donors (Lipinski definition) is 1. The van der Waals surface area contributed by atoms with Crippen LogP contribution >= 0.6 is 11.3 Å². The SMILES string of the molecule is CCN1CCN(Cc2nc(CNCC(C)C)cs2)CC1. The van der Waals surface area contributed by atoms with Crippen LogP contribution in [-0.2, 0) is 13.1 Å². The largest absolute Gasteiger partial charge is 0.311 e. The number of hydrogen-bond acceptors (Lipinski definition) is 5. The molecule has 1 aliphatic rings. The predicted octanol–water partition coefficient (Wildman–Crippen LogP) is 2.03. The van der Waals surface area contributed by atoms with Crippen LogP contribution in [0.3, 0.4) is 0 Å². The highest BCUT2D eigenvalue weighted by Gasteiger charge is 2.16. The lowest BCUT2D eigenvalue weighted by Crippen LogP contribution is -2.45. The lowest BCUT2D eigenvalue weighted by Gasteiger charge is -2.33. The summed E-state index contributed by atoms with van der Waals surface area (Å²) in [5.74, 6) is 0.697. The van der Waals surface area contributed by atoms with Crippen molar-refractivity contribution in [1.82, 2.24) is 20.1 Å². The lowest BCUT2D eigenvalue weighted by molar-refractivity contribution is 0.132. The minimum atomic E-state index is 0.697. The van der Waals surface area contributed by atoms with Crippen LogP contribution in [0.15, 0.2) is 5.38 Å². The number of thiazole rings is 1. The number of nitrogens with one attached hydrogen (secondary N) is 1. The van der Waals surface area contributed by atoms with Crippen molar-refractivity contribution in [2.75, 3.05) is 39.3 Å². The van der Waals surface area contributed by atoms with E-state index in [4.69, 9.17) is 4.98 Å². The van der Waals surface area contributed by atoms with E-state index in [1.54, 1.807) is 11.3 Å². The van der Waals surface area contributed by atoms with Crippen molar-refractivity contribution in [2.24, 2.45) is 5.92 Å². The van der Waals surface area contributed by atoms with Crippen molar-refractivity contribution in [1.29, 1.82) is 0 Å². The number of rotatable bonds is 7. The highest BCUT2D eigenvalue weighted by molar-refractivity contribution is 7.09. The third-order valence-corrected chi connectivity index (χ3v) is 4.61. The molecular formula is C15H28N4S. The van der Waals surface area contributed by atoms with Gasteiger partial charge in [0.2, 0.25) is 0 Å². The van der Waals surface area contributed by atoms with Crippen molar-refractivity contribution in [3.8, 4) is 0 Å². The summed E-state index contributed by atoms with van der Waals surface area (Å²) in [6.45, 7) is 15.6. The van der Waals surface area contributed by atoms with Gasteiger partial charge in [-0.2, -0.15) is 0 Å². The number of aromatic nitrogens is 1. The van der Waals surface area contributed by atoms with Gasteiger partial charge in [0.05, 0.1) is 12.2 Å². The van der Waals surface area contributed by atoms with Crippen molar-refractivity contribution in [3.05, 3.63) is 16.1 Å². The molecule has 0 unspecified atom stereocenters. The van der Waals surface area contributed by atoms with Gasteiger partial charge in [-0.3, -0.25) is 4.90 Å². The summed E-state index contributed by atoms with van der Waals surface area (Å²) in [6, 6.07) is 0. The van der Waals surface area contributed by atoms with Crippen LogP contribution < -0.4 is 5.32 Å². The molecule has 0 aromatic carbocycles. The van der Waals surface area contributed by atoms with E-state index in [1.807, 2.05) is 0 Å². The molecule has 4 nitrogen and oxygen atoms in total. The van der Waals surface area contributed by atoms with Crippen LogP contribution in [0.2, 0.25) is 0 Å². The maximum Gasteiger partial charge on any atom is 0.107 e. The third kappa shape index (κ3) is 5.13. The van der Waals surface area contributed by atoms with Gasteiger partial charge in [-0.25, -0.2) is 4.98 Å². The molecule has 2 heterocycles. The Labute approximate surface area is 127 Å². The van der Waals surface area contributed by atoms with Gasteiger partial charge in [0.25, 0.3) is 0 Å². The molecule has 1 N–H and O–H groups in total. The van der Waals surface area contributed by atoms with Gasteiger partial charge in [0.15, 0.2) is 0 Å². The molecule has 1 aromatic heterocycles. The minimum Gasteiger partial charge on any atom is -0.311 e. The summed E-state index contributed by atoms with van der Waals surface area (Å²) in [5, 5.41) is 6.92. The molecule has 0 aliphatic carbocycles. The van der Waals surface area contributed by atoms with Crippen LogP contribution in [0, 0.1) is 5.92 Å². The monoisotopic (exact) mass is 296 g/mol. The van der Waals surface area contributed by atoms with Gasteiger partial charge < -0.3 is 10.2 Å². The van der Waals surface area contributed by atoms with E-state index in [0.717, 1.165) is 19.6 Å². The average molecular weight is 296 g/mol. The first-order valence-corrected chi connectivity index (χ1v) is 8.64.